The Kier molecular flexibility index (Phi) is 3.89. The van der Waals surface area contributed by atoms with E-state index in [0.717, 1.165) is 19.3 Å². The zero-order valence-electron chi connectivity index (χ0n) is 9.63. The Balaban J connectivity index is 2.01. The van der Waals surface area contributed by atoms with Gasteiger partial charge in [-0.25, -0.2) is 13.1 Å². The van der Waals surface area contributed by atoms with Crippen LogP contribution >= 0.6 is 15.9 Å². The summed E-state index contributed by atoms with van der Waals surface area (Å²) in [5.41, 5.74) is 0. The Morgan fingerprint density at radius 2 is 2.35 bits per heavy atom. The second kappa shape index (κ2) is 5.07. The molecule has 1 fully saturated rings. The maximum Gasteiger partial charge on any atom is 0.257 e. The van der Waals surface area contributed by atoms with Gasteiger partial charge in [-0.2, -0.15) is 5.10 Å². The summed E-state index contributed by atoms with van der Waals surface area (Å²) < 4.78 is 28.0. The van der Waals surface area contributed by atoms with E-state index < -0.39 is 10.0 Å². The van der Waals surface area contributed by atoms with E-state index in [2.05, 4.69) is 25.8 Å². The summed E-state index contributed by atoms with van der Waals surface area (Å²) in [6.07, 6.45) is 4.84. The van der Waals surface area contributed by atoms with Crippen LogP contribution in [0.5, 0.6) is 0 Å². The SMILES string of the molecule is Cn1nccc1S(=O)(=O)NCC1CCCC1Br. The molecule has 0 radical (unpaired) electrons. The molecular formula is C10H16BrN3O2S. The fourth-order valence-corrected chi connectivity index (χ4v) is 4.13. The average Bonchev–Trinajstić information content (AvgIpc) is 2.85. The molecule has 0 aliphatic heterocycles. The van der Waals surface area contributed by atoms with Crippen LogP contribution in [-0.2, 0) is 17.1 Å². The van der Waals surface area contributed by atoms with E-state index in [1.54, 1.807) is 7.05 Å². The van der Waals surface area contributed by atoms with E-state index in [9.17, 15) is 8.42 Å². The molecule has 1 N–H and O–H groups in total. The number of alkyl halides is 1. The number of nitrogens with one attached hydrogen (secondary N) is 1. The Bertz CT molecular complexity index is 485. The van der Waals surface area contributed by atoms with Gasteiger partial charge in [0, 0.05) is 18.4 Å². The molecule has 1 aromatic heterocycles. The maximum absolute atomic E-state index is 12.0. The first-order valence-corrected chi connectivity index (χ1v) is 8.02. The average molecular weight is 322 g/mol. The lowest BCUT2D eigenvalue weighted by molar-refractivity contribution is 0.522. The third kappa shape index (κ3) is 2.89. The smallest absolute Gasteiger partial charge is 0.256 e. The largest absolute Gasteiger partial charge is 0.257 e. The van der Waals surface area contributed by atoms with Crippen LogP contribution in [0.2, 0.25) is 0 Å². The minimum absolute atomic E-state index is 0.210. The molecule has 2 unspecified atom stereocenters. The van der Waals surface area contributed by atoms with Crippen LogP contribution < -0.4 is 4.72 Å². The van der Waals surface area contributed by atoms with E-state index in [1.807, 2.05) is 0 Å². The third-order valence-corrected chi connectivity index (χ3v) is 5.86. The van der Waals surface area contributed by atoms with E-state index in [1.165, 1.54) is 16.9 Å². The molecule has 1 aromatic rings. The summed E-state index contributed by atoms with van der Waals surface area (Å²) in [5.74, 6) is 0.387. The minimum atomic E-state index is -3.43. The number of rotatable bonds is 4. The van der Waals surface area contributed by atoms with Crippen LogP contribution in [0.4, 0.5) is 0 Å². The Morgan fingerprint density at radius 3 is 2.88 bits per heavy atom. The van der Waals surface area contributed by atoms with E-state index in [-0.39, 0.29) is 5.03 Å². The lowest BCUT2D eigenvalue weighted by Gasteiger charge is -2.14. The summed E-state index contributed by atoms with van der Waals surface area (Å²) in [6, 6.07) is 1.50. The second-order valence-electron chi connectivity index (χ2n) is 4.35. The number of sulfonamides is 1. The maximum atomic E-state index is 12.0. The predicted octanol–water partition coefficient (Wildman–Crippen LogP) is 1.26. The van der Waals surface area contributed by atoms with Crippen molar-refractivity contribution in [2.45, 2.75) is 29.1 Å². The van der Waals surface area contributed by atoms with Gasteiger partial charge in [0.2, 0.25) is 0 Å². The van der Waals surface area contributed by atoms with Gasteiger partial charge in [0.05, 0.1) is 6.20 Å². The first kappa shape index (κ1) is 13.0. The van der Waals surface area contributed by atoms with E-state index in [0.29, 0.717) is 17.3 Å². The zero-order valence-corrected chi connectivity index (χ0v) is 12.0. The molecule has 17 heavy (non-hydrogen) atoms. The van der Waals surface area contributed by atoms with Crippen molar-refractivity contribution in [1.29, 1.82) is 0 Å². The molecule has 1 saturated carbocycles. The molecule has 0 spiro atoms. The summed E-state index contributed by atoms with van der Waals surface area (Å²) in [6.45, 7) is 0.490. The standard InChI is InChI=1S/C10H16BrN3O2S/c1-14-10(5-6-12-14)17(15,16)13-7-8-3-2-4-9(8)11/h5-6,8-9,13H,2-4,7H2,1H3. The summed E-state index contributed by atoms with van der Waals surface area (Å²) >= 11 is 3.58. The number of hydrogen-bond donors (Lipinski definition) is 1. The van der Waals surface area contributed by atoms with Gasteiger partial charge in [-0.1, -0.05) is 22.4 Å². The molecule has 0 amide bonds. The highest BCUT2D eigenvalue weighted by atomic mass is 79.9. The van der Waals surface area contributed by atoms with Crippen molar-refractivity contribution in [2.75, 3.05) is 6.54 Å². The molecule has 2 atom stereocenters. The summed E-state index contributed by atoms with van der Waals surface area (Å²) in [5, 5.41) is 4.08. The highest BCUT2D eigenvalue weighted by molar-refractivity contribution is 9.09. The number of nitrogens with zero attached hydrogens (tertiary/aromatic N) is 2. The molecule has 2 rings (SSSR count). The lowest BCUT2D eigenvalue weighted by Crippen LogP contribution is -2.32. The summed E-state index contributed by atoms with van der Waals surface area (Å²) in [4.78, 5) is 0.428. The molecule has 1 aliphatic carbocycles. The monoisotopic (exact) mass is 321 g/mol. The van der Waals surface area contributed by atoms with Crippen LogP contribution in [0.1, 0.15) is 19.3 Å². The van der Waals surface area contributed by atoms with Crippen molar-refractivity contribution in [2.24, 2.45) is 13.0 Å². The number of aromatic nitrogens is 2. The van der Waals surface area contributed by atoms with Crippen molar-refractivity contribution in [3.63, 3.8) is 0 Å². The van der Waals surface area contributed by atoms with Gasteiger partial charge in [0.1, 0.15) is 0 Å². The van der Waals surface area contributed by atoms with Crippen LogP contribution in [0, 0.1) is 5.92 Å². The van der Waals surface area contributed by atoms with Crippen LogP contribution in [0.3, 0.4) is 0 Å². The number of hydrogen-bond acceptors (Lipinski definition) is 3. The Morgan fingerprint density at radius 1 is 1.59 bits per heavy atom. The van der Waals surface area contributed by atoms with Crippen molar-refractivity contribution in [3.05, 3.63) is 12.3 Å². The topological polar surface area (TPSA) is 64.0 Å². The third-order valence-electron chi connectivity index (χ3n) is 3.15. The molecule has 0 aromatic carbocycles. The quantitative estimate of drug-likeness (QED) is 0.849. The van der Waals surface area contributed by atoms with Gasteiger partial charge in [0.15, 0.2) is 5.03 Å². The van der Waals surface area contributed by atoms with Crippen LogP contribution in [0.15, 0.2) is 17.3 Å². The van der Waals surface area contributed by atoms with Gasteiger partial charge in [-0.3, -0.25) is 4.68 Å². The van der Waals surface area contributed by atoms with Crippen molar-refractivity contribution >= 4 is 26.0 Å². The van der Waals surface area contributed by atoms with Gasteiger partial charge in [0.25, 0.3) is 10.0 Å². The van der Waals surface area contributed by atoms with E-state index in [4.69, 9.17) is 0 Å². The fraction of sp³-hybridized carbons (Fsp3) is 0.700. The molecule has 1 heterocycles. The van der Waals surface area contributed by atoms with Crippen LogP contribution in [0.25, 0.3) is 0 Å². The lowest BCUT2D eigenvalue weighted by atomic mass is 10.1. The van der Waals surface area contributed by atoms with Crippen molar-refractivity contribution < 1.29 is 8.42 Å². The highest BCUT2D eigenvalue weighted by Gasteiger charge is 2.27. The zero-order chi connectivity index (χ0) is 12.5. The van der Waals surface area contributed by atoms with Gasteiger partial charge < -0.3 is 0 Å². The second-order valence-corrected chi connectivity index (χ2v) is 7.24. The molecule has 0 saturated heterocycles. The van der Waals surface area contributed by atoms with Crippen molar-refractivity contribution in [1.82, 2.24) is 14.5 Å². The number of halogens is 1. The summed E-state index contributed by atoms with van der Waals surface area (Å²) in [7, 11) is -1.81. The molecule has 7 heteroatoms. The molecule has 5 nitrogen and oxygen atoms in total. The Hall–Kier alpha value is -0.400. The van der Waals surface area contributed by atoms with Gasteiger partial charge in [-0.05, 0) is 24.8 Å². The highest BCUT2D eigenvalue weighted by Crippen LogP contribution is 2.31. The van der Waals surface area contributed by atoms with Crippen molar-refractivity contribution in [3.8, 4) is 0 Å². The molecular weight excluding hydrogens is 306 g/mol. The molecule has 1 aliphatic rings. The van der Waals surface area contributed by atoms with Crippen LogP contribution in [-0.4, -0.2) is 29.6 Å². The number of aryl methyl sites for hydroxylation is 1. The van der Waals surface area contributed by atoms with Gasteiger partial charge in [-0.15, -0.1) is 0 Å². The van der Waals surface area contributed by atoms with Gasteiger partial charge >= 0.3 is 0 Å². The van der Waals surface area contributed by atoms with E-state index >= 15 is 0 Å². The molecule has 0 bridgehead atoms. The normalized spacial score (nSPS) is 25.3. The first-order valence-electron chi connectivity index (χ1n) is 5.62. The molecule has 96 valence electrons. The first-order chi connectivity index (χ1) is 8.00. The Labute approximate surface area is 110 Å². The minimum Gasteiger partial charge on any atom is -0.256 e. The fourth-order valence-electron chi connectivity index (χ4n) is 2.14. The predicted molar refractivity (Wildman–Crippen MR) is 68.5 cm³/mol.